The Labute approximate surface area is 153 Å². The molecule has 1 aromatic carbocycles. The third kappa shape index (κ3) is 5.00. The third-order valence-corrected chi connectivity index (χ3v) is 4.18. The fraction of sp³-hybridized carbons (Fsp3) is 0.421. The summed E-state index contributed by atoms with van der Waals surface area (Å²) in [6.45, 7) is 4.25. The van der Waals surface area contributed by atoms with Crippen molar-refractivity contribution in [2.45, 2.75) is 32.1 Å². The van der Waals surface area contributed by atoms with E-state index < -0.39 is 0 Å². The van der Waals surface area contributed by atoms with Gasteiger partial charge in [0.25, 0.3) is 5.91 Å². The fourth-order valence-corrected chi connectivity index (χ4v) is 2.77. The molecule has 1 aliphatic heterocycles. The fourth-order valence-electron chi connectivity index (χ4n) is 2.77. The summed E-state index contributed by atoms with van der Waals surface area (Å²) in [6, 6.07) is 9.85. The topological polar surface area (TPSA) is 85.4 Å². The Bertz CT molecular complexity index is 694. The smallest absolute Gasteiger partial charge is 0.254 e. The van der Waals surface area contributed by atoms with Gasteiger partial charge in [0.05, 0.1) is 24.8 Å². The molecule has 3 rings (SSSR count). The normalized spacial score (nSPS) is 19.7. The van der Waals surface area contributed by atoms with E-state index in [0.29, 0.717) is 37.8 Å². The SMILES string of the molecule is CCNc1ncc(C(=O)N[C@@H]2CCOC[C@H]2OCc2ccccc2)cn1. The summed E-state index contributed by atoms with van der Waals surface area (Å²) in [5, 5.41) is 6.03. The molecule has 1 aliphatic rings. The van der Waals surface area contributed by atoms with Gasteiger partial charge in [0, 0.05) is 25.5 Å². The summed E-state index contributed by atoms with van der Waals surface area (Å²) in [5.74, 6) is 0.312. The van der Waals surface area contributed by atoms with E-state index in [0.717, 1.165) is 12.1 Å². The van der Waals surface area contributed by atoms with E-state index in [9.17, 15) is 4.79 Å². The molecule has 0 saturated carbocycles. The Morgan fingerprint density at radius 3 is 2.77 bits per heavy atom. The van der Waals surface area contributed by atoms with Crippen LogP contribution >= 0.6 is 0 Å². The molecule has 0 radical (unpaired) electrons. The van der Waals surface area contributed by atoms with Crippen molar-refractivity contribution in [3.8, 4) is 0 Å². The summed E-state index contributed by atoms with van der Waals surface area (Å²) in [7, 11) is 0. The Hall–Kier alpha value is -2.51. The Kier molecular flexibility index (Phi) is 6.51. The minimum absolute atomic E-state index is 0.103. The zero-order chi connectivity index (χ0) is 18.2. The standard InChI is InChI=1S/C19H24N4O3/c1-2-20-19-21-10-15(11-22-19)18(24)23-16-8-9-25-13-17(16)26-12-14-6-4-3-5-7-14/h3-7,10-11,16-17H,2,8-9,12-13H2,1H3,(H,23,24)(H,20,21,22)/t16-,17-/m1/s1. The highest BCUT2D eigenvalue weighted by molar-refractivity contribution is 5.93. The minimum atomic E-state index is -0.201. The quantitative estimate of drug-likeness (QED) is 0.789. The molecule has 1 fully saturated rings. The van der Waals surface area contributed by atoms with Gasteiger partial charge in [-0.1, -0.05) is 30.3 Å². The molecular formula is C19H24N4O3. The molecule has 2 heterocycles. The average Bonchev–Trinajstić information content (AvgIpc) is 2.69. The van der Waals surface area contributed by atoms with Crippen LogP contribution in [0.25, 0.3) is 0 Å². The van der Waals surface area contributed by atoms with Crippen LogP contribution in [0.15, 0.2) is 42.7 Å². The molecule has 1 saturated heterocycles. The molecule has 0 spiro atoms. The van der Waals surface area contributed by atoms with E-state index in [4.69, 9.17) is 9.47 Å². The highest BCUT2D eigenvalue weighted by Crippen LogP contribution is 2.15. The zero-order valence-electron chi connectivity index (χ0n) is 14.9. The van der Waals surface area contributed by atoms with Crippen LogP contribution in [0.2, 0.25) is 0 Å². The number of hydrogen-bond donors (Lipinski definition) is 2. The number of benzene rings is 1. The van der Waals surface area contributed by atoms with Crippen molar-refractivity contribution in [2.24, 2.45) is 0 Å². The van der Waals surface area contributed by atoms with Crippen molar-refractivity contribution in [2.75, 3.05) is 25.1 Å². The molecule has 7 nitrogen and oxygen atoms in total. The highest BCUT2D eigenvalue weighted by Gasteiger charge is 2.28. The van der Waals surface area contributed by atoms with Crippen LogP contribution in [-0.4, -0.2) is 47.8 Å². The molecular weight excluding hydrogens is 332 g/mol. The number of nitrogens with one attached hydrogen (secondary N) is 2. The summed E-state index contributed by atoms with van der Waals surface area (Å²) >= 11 is 0. The van der Waals surface area contributed by atoms with Crippen LogP contribution < -0.4 is 10.6 Å². The van der Waals surface area contributed by atoms with Crippen molar-refractivity contribution in [3.05, 3.63) is 53.9 Å². The Balaban J connectivity index is 1.57. The van der Waals surface area contributed by atoms with Crippen LogP contribution in [-0.2, 0) is 16.1 Å². The zero-order valence-corrected chi connectivity index (χ0v) is 14.9. The molecule has 0 bridgehead atoms. The van der Waals surface area contributed by atoms with Gasteiger partial charge in [0.1, 0.15) is 6.10 Å². The van der Waals surface area contributed by atoms with E-state index >= 15 is 0 Å². The van der Waals surface area contributed by atoms with Crippen molar-refractivity contribution in [3.63, 3.8) is 0 Å². The van der Waals surface area contributed by atoms with Gasteiger partial charge >= 0.3 is 0 Å². The van der Waals surface area contributed by atoms with Gasteiger partial charge in [-0.05, 0) is 18.9 Å². The molecule has 1 amide bonds. The van der Waals surface area contributed by atoms with Crippen LogP contribution in [0.1, 0.15) is 29.3 Å². The largest absolute Gasteiger partial charge is 0.379 e. The number of nitrogens with zero attached hydrogens (tertiary/aromatic N) is 2. The van der Waals surface area contributed by atoms with Gasteiger partial charge < -0.3 is 20.1 Å². The number of rotatable bonds is 7. The summed E-state index contributed by atoms with van der Waals surface area (Å²) < 4.78 is 11.5. The van der Waals surface area contributed by atoms with Gasteiger partial charge in [0.15, 0.2) is 0 Å². The Morgan fingerprint density at radius 2 is 2.04 bits per heavy atom. The number of hydrogen-bond acceptors (Lipinski definition) is 6. The second-order valence-electron chi connectivity index (χ2n) is 6.10. The van der Waals surface area contributed by atoms with E-state index in [-0.39, 0.29) is 18.1 Å². The van der Waals surface area contributed by atoms with E-state index in [1.165, 1.54) is 12.4 Å². The second kappa shape index (κ2) is 9.26. The highest BCUT2D eigenvalue weighted by atomic mass is 16.5. The first-order valence-electron chi connectivity index (χ1n) is 8.86. The van der Waals surface area contributed by atoms with Crippen LogP contribution in [0.3, 0.4) is 0 Å². The molecule has 2 N–H and O–H groups in total. The maximum atomic E-state index is 12.5. The van der Waals surface area contributed by atoms with Crippen LogP contribution in [0.5, 0.6) is 0 Å². The van der Waals surface area contributed by atoms with Gasteiger partial charge in [-0.15, -0.1) is 0 Å². The molecule has 26 heavy (non-hydrogen) atoms. The molecule has 138 valence electrons. The number of anilines is 1. The molecule has 0 aliphatic carbocycles. The summed E-state index contributed by atoms with van der Waals surface area (Å²) in [5.41, 5.74) is 1.52. The number of carbonyl (C=O) groups is 1. The summed E-state index contributed by atoms with van der Waals surface area (Å²) in [6.07, 6.45) is 3.58. The minimum Gasteiger partial charge on any atom is -0.379 e. The lowest BCUT2D eigenvalue weighted by Crippen LogP contribution is -2.50. The number of aromatic nitrogens is 2. The molecule has 2 atom stereocenters. The third-order valence-electron chi connectivity index (χ3n) is 4.18. The molecule has 0 unspecified atom stereocenters. The lowest BCUT2D eigenvalue weighted by Gasteiger charge is -2.32. The molecule has 1 aromatic heterocycles. The predicted molar refractivity (Wildman–Crippen MR) is 97.9 cm³/mol. The van der Waals surface area contributed by atoms with E-state index in [1.807, 2.05) is 37.3 Å². The van der Waals surface area contributed by atoms with E-state index in [1.54, 1.807) is 0 Å². The van der Waals surface area contributed by atoms with Crippen molar-refractivity contribution >= 4 is 11.9 Å². The first-order valence-corrected chi connectivity index (χ1v) is 8.86. The number of amides is 1. The molecule has 7 heteroatoms. The summed E-state index contributed by atoms with van der Waals surface area (Å²) in [4.78, 5) is 20.8. The predicted octanol–water partition coefficient (Wildman–Crippen LogP) is 2.01. The van der Waals surface area contributed by atoms with Gasteiger partial charge in [-0.2, -0.15) is 0 Å². The van der Waals surface area contributed by atoms with E-state index in [2.05, 4.69) is 20.6 Å². The maximum Gasteiger partial charge on any atom is 0.254 e. The lowest BCUT2D eigenvalue weighted by molar-refractivity contribution is -0.0736. The van der Waals surface area contributed by atoms with Crippen LogP contribution in [0, 0.1) is 0 Å². The average molecular weight is 356 g/mol. The maximum absolute atomic E-state index is 12.5. The van der Waals surface area contributed by atoms with Crippen molar-refractivity contribution in [1.29, 1.82) is 0 Å². The number of ether oxygens (including phenoxy) is 2. The first-order chi connectivity index (χ1) is 12.8. The van der Waals surface area contributed by atoms with Gasteiger partial charge in [-0.25, -0.2) is 9.97 Å². The lowest BCUT2D eigenvalue weighted by atomic mass is 10.1. The second-order valence-corrected chi connectivity index (χ2v) is 6.10. The van der Waals surface area contributed by atoms with Crippen molar-refractivity contribution in [1.82, 2.24) is 15.3 Å². The monoisotopic (exact) mass is 356 g/mol. The van der Waals surface area contributed by atoms with Gasteiger partial charge in [0.2, 0.25) is 5.95 Å². The van der Waals surface area contributed by atoms with Gasteiger partial charge in [-0.3, -0.25) is 4.79 Å². The van der Waals surface area contributed by atoms with Crippen molar-refractivity contribution < 1.29 is 14.3 Å². The molecule has 2 aromatic rings. The Morgan fingerprint density at radius 1 is 1.27 bits per heavy atom. The number of carbonyl (C=O) groups excluding carboxylic acids is 1. The first kappa shape index (κ1) is 18.3. The van der Waals surface area contributed by atoms with Crippen LogP contribution in [0.4, 0.5) is 5.95 Å².